The standard InChI is InChI=1S/C11H12N2O5/c1-6(15)8-4-13(11(17)12-10(8)16)9-3-2-7(5-14)18-9/h2-4,7,9,14H,5H2,1H3,(H,12,16,17)/t7-,9+/m1/s1. The lowest BCUT2D eigenvalue weighted by atomic mass is 10.2. The predicted octanol–water partition coefficient (Wildman–Crippen LogP) is -0.815. The van der Waals surface area contributed by atoms with Crippen molar-refractivity contribution in [2.24, 2.45) is 0 Å². The second-order valence-electron chi connectivity index (χ2n) is 3.90. The predicted molar refractivity (Wildman–Crippen MR) is 61.5 cm³/mol. The first kappa shape index (κ1) is 12.5. The molecular formula is C11H12N2O5. The number of ether oxygens (including phenoxy) is 1. The van der Waals surface area contributed by atoms with Crippen LogP contribution in [0.2, 0.25) is 0 Å². The number of nitrogens with one attached hydrogen (secondary N) is 1. The molecule has 0 saturated heterocycles. The van der Waals surface area contributed by atoms with Gasteiger partial charge in [0.2, 0.25) is 0 Å². The highest BCUT2D eigenvalue weighted by atomic mass is 16.5. The van der Waals surface area contributed by atoms with Crippen molar-refractivity contribution in [1.29, 1.82) is 0 Å². The third-order valence-electron chi connectivity index (χ3n) is 2.61. The van der Waals surface area contributed by atoms with Crippen LogP contribution in [-0.4, -0.2) is 33.2 Å². The first-order chi connectivity index (χ1) is 8.52. The minimum Gasteiger partial charge on any atom is -0.393 e. The maximum Gasteiger partial charge on any atom is 0.330 e. The number of H-pyrrole nitrogens is 1. The van der Waals surface area contributed by atoms with E-state index in [-0.39, 0.29) is 12.2 Å². The average Bonchev–Trinajstić information content (AvgIpc) is 2.77. The summed E-state index contributed by atoms with van der Waals surface area (Å²) in [5.41, 5.74) is -1.50. The van der Waals surface area contributed by atoms with Gasteiger partial charge in [0.05, 0.1) is 12.2 Å². The summed E-state index contributed by atoms with van der Waals surface area (Å²) >= 11 is 0. The molecule has 0 spiro atoms. The molecule has 0 saturated carbocycles. The number of carbonyl (C=O) groups excluding carboxylic acids is 1. The number of Topliss-reactive ketones (excluding diaryl/α,β-unsaturated/α-hetero) is 1. The molecule has 1 aliphatic rings. The summed E-state index contributed by atoms with van der Waals surface area (Å²) in [6.45, 7) is 1.03. The Bertz CT molecular complexity index is 613. The summed E-state index contributed by atoms with van der Waals surface area (Å²) in [7, 11) is 0. The number of ketones is 1. The Labute approximate surface area is 101 Å². The lowest BCUT2D eigenvalue weighted by Crippen LogP contribution is -2.35. The molecule has 2 N–H and O–H groups in total. The maximum absolute atomic E-state index is 11.6. The summed E-state index contributed by atoms with van der Waals surface area (Å²) in [5, 5.41) is 8.91. The smallest absolute Gasteiger partial charge is 0.330 e. The van der Waals surface area contributed by atoms with Crippen molar-refractivity contribution in [1.82, 2.24) is 9.55 Å². The van der Waals surface area contributed by atoms with Crippen molar-refractivity contribution in [3.63, 3.8) is 0 Å². The van der Waals surface area contributed by atoms with Crippen LogP contribution in [0.5, 0.6) is 0 Å². The van der Waals surface area contributed by atoms with Crippen molar-refractivity contribution < 1.29 is 14.6 Å². The fraction of sp³-hybridized carbons (Fsp3) is 0.364. The molecule has 2 atom stereocenters. The van der Waals surface area contributed by atoms with E-state index in [1.807, 2.05) is 0 Å². The minimum atomic E-state index is -0.732. The molecule has 7 heteroatoms. The average molecular weight is 252 g/mol. The molecule has 0 bridgehead atoms. The van der Waals surface area contributed by atoms with Crippen molar-refractivity contribution >= 4 is 5.78 Å². The van der Waals surface area contributed by atoms with Crippen molar-refractivity contribution in [3.8, 4) is 0 Å². The molecule has 0 unspecified atom stereocenters. The largest absolute Gasteiger partial charge is 0.393 e. The summed E-state index contributed by atoms with van der Waals surface area (Å²) in [6, 6.07) is 0. The highest BCUT2D eigenvalue weighted by Crippen LogP contribution is 2.18. The maximum atomic E-state index is 11.6. The van der Waals surface area contributed by atoms with Crippen molar-refractivity contribution in [2.45, 2.75) is 19.3 Å². The monoisotopic (exact) mass is 252 g/mol. The van der Waals surface area contributed by atoms with Crippen molar-refractivity contribution in [2.75, 3.05) is 6.61 Å². The fourth-order valence-electron chi connectivity index (χ4n) is 1.68. The minimum absolute atomic E-state index is 0.112. The summed E-state index contributed by atoms with van der Waals surface area (Å²) in [5.74, 6) is -0.439. The van der Waals surface area contributed by atoms with Crippen LogP contribution in [0, 0.1) is 0 Å². The molecular weight excluding hydrogens is 240 g/mol. The highest BCUT2D eigenvalue weighted by Gasteiger charge is 2.22. The number of hydrogen-bond donors (Lipinski definition) is 2. The van der Waals surface area contributed by atoms with E-state index in [1.165, 1.54) is 6.92 Å². The molecule has 2 heterocycles. The molecule has 0 fully saturated rings. The molecule has 2 rings (SSSR count). The van der Waals surface area contributed by atoms with Gasteiger partial charge in [-0.2, -0.15) is 0 Å². The van der Waals surface area contributed by atoms with E-state index in [4.69, 9.17) is 9.84 Å². The van der Waals surface area contributed by atoms with E-state index in [0.29, 0.717) is 0 Å². The van der Waals surface area contributed by atoms with Crippen LogP contribution >= 0.6 is 0 Å². The molecule has 96 valence electrons. The number of hydrogen-bond acceptors (Lipinski definition) is 5. The van der Waals surface area contributed by atoms with E-state index in [1.54, 1.807) is 12.2 Å². The Morgan fingerprint density at radius 1 is 1.50 bits per heavy atom. The first-order valence-electron chi connectivity index (χ1n) is 5.34. The number of aliphatic hydroxyl groups is 1. The van der Waals surface area contributed by atoms with Gasteiger partial charge in [0, 0.05) is 6.20 Å². The fourth-order valence-corrected chi connectivity index (χ4v) is 1.68. The topological polar surface area (TPSA) is 101 Å². The molecule has 18 heavy (non-hydrogen) atoms. The van der Waals surface area contributed by atoms with Gasteiger partial charge in [-0.3, -0.25) is 19.1 Å². The zero-order chi connectivity index (χ0) is 13.3. The number of aliphatic hydroxyl groups excluding tert-OH is 1. The van der Waals surface area contributed by atoms with Crippen LogP contribution in [0.15, 0.2) is 27.9 Å². The van der Waals surface area contributed by atoms with E-state index in [2.05, 4.69) is 4.98 Å². The Morgan fingerprint density at radius 3 is 2.78 bits per heavy atom. The molecule has 0 amide bonds. The SMILES string of the molecule is CC(=O)c1cn([C@@H]2C=C[C@H](CO)O2)c(=O)[nH]c1=O. The van der Waals surface area contributed by atoms with Crippen LogP contribution in [0.4, 0.5) is 0 Å². The summed E-state index contributed by atoms with van der Waals surface area (Å²) in [6.07, 6.45) is 3.12. The van der Waals surface area contributed by atoms with Crippen LogP contribution in [0.25, 0.3) is 0 Å². The quantitative estimate of drug-likeness (QED) is 0.541. The van der Waals surface area contributed by atoms with Gasteiger partial charge in [-0.15, -0.1) is 0 Å². The molecule has 1 aromatic heterocycles. The molecule has 7 nitrogen and oxygen atoms in total. The van der Waals surface area contributed by atoms with E-state index >= 15 is 0 Å². The Morgan fingerprint density at radius 2 is 2.22 bits per heavy atom. The van der Waals surface area contributed by atoms with Gasteiger partial charge >= 0.3 is 5.69 Å². The van der Waals surface area contributed by atoms with Crippen molar-refractivity contribution in [3.05, 3.63) is 44.8 Å². The molecule has 0 radical (unpaired) electrons. The summed E-state index contributed by atoms with van der Waals surface area (Å²) in [4.78, 5) is 36.3. The number of rotatable bonds is 3. The Hall–Kier alpha value is -1.99. The van der Waals surface area contributed by atoms with Gasteiger partial charge in [-0.25, -0.2) is 4.79 Å². The number of aromatic amines is 1. The van der Waals surface area contributed by atoms with Crippen LogP contribution in [0.1, 0.15) is 23.5 Å². The Kier molecular flexibility index (Phi) is 3.26. The second-order valence-corrected chi connectivity index (χ2v) is 3.90. The van der Waals surface area contributed by atoms with Gasteiger partial charge < -0.3 is 9.84 Å². The third kappa shape index (κ3) is 2.18. The molecule has 0 aliphatic carbocycles. The van der Waals surface area contributed by atoms with Gasteiger partial charge in [0.1, 0.15) is 6.10 Å². The van der Waals surface area contributed by atoms with Gasteiger partial charge in [-0.05, 0) is 13.0 Å². The van der Waals surface area contributed by atoms with E-state index in [0.717, 1.165) is 10.8 Å². The lowest BCUT2D eigenvalue weighted by Gasteiger charge is -2.15. The zero-order valence-electron chi connectivity index (χ0n) is 9.62. The first-order valence-corrected chi connectivity index (χ1v) is 5.34. The number of aromatic nitrogens is 2. The second kappa shape index (κ2) is 4.71. The van der Waals surface area contributed by atoms with Crippen LogP contribution in [-0.2, 0) is 4.74 Å². The summed E-state index contributed by atoms with van der Waals surface area (Å²) < 4.78 is 6.42. The number of nitrogens with zero attached hydrogens (tertiary/aromatic N) is 1. The van der Waals surface area contributed by atoms with Gasteiger partial charge in [0.15, 0.2) is 12.0 Å². The van der Waals surface area contributed by atoms with Crippen LogP contribution in [0.3, 0.4) is 0 Å². The molecule has 1 aromatic rings. The van der Waals surface area contributed by atoms with E-state index in [9.17, 15) is 14.4 Å². The normalized spacial score (nSPS) is 22.3. The lowest BCUT2D eigenvalue weighted by molar-refractivity contribution is -0.0104. The molecule has 1 aliphatic heterocycles. The van der Waals surface area contributed by atoms with E-state index < -0.39 is 29.4 Å². The highest BCUT2D eigenvalue weighted by molar-refractivity contribution is 5.93. The zero-order valence-corrected chi connectivity index (χ0v) is 9.62. The molecule has 0 aromatic carbocycles. The van der Waals surface area contributed by atoms with Gasteiger partial charge in [-0.1, -0.05) is 6.08 Å². The van der Waals surface area contributed by atoms with Crippen LogP contribution < -0.4 is 11.2 Å². The van der Waals surface area contributed by atoms with Gasteiger partial charge in [0.25, 0.3) is 5.56 Å². The Balaban J connectivity index is 2.44. The number of carbonyl (C=O) groups is 1. The third-order valence-corrected chi connectivity index (χ3v) is 2.61.